The Kier molecular flexibility index (Phi) is 10.5. The molecule has 1 atom stereocenters. The van der Waals surface area contributed by atoms with Gasteiger partial charge in [0.25, 0.3) is 0 Å². The minimum Gasteiger partial charge on any atom is -0.477 e. The highest BCUT2D eigenvalue weighted by atomic mass is 35.5. The fourth-order valence-corrected chi connectivity index (χ4v) is 5.24. The van der Waals surface area contributed by atoms with E-state index in [1.807, 2.05) is 36.4 Å². The summed E-state index contributed by atoms with van der Waals surface area (Å²) in [5.41, 5.74) is 4.20. The van der Waals surface area contributed by atoms with Crippen LogP contribution in [0.4, 0.5) is 0 Å². The largest absolute Gasteiger partial charge is 0.477 e. The highest BCUT2D eigenvalue weighted by Crippen LogP contribution is 2.43. The van der Waals surface area contributed by atoms with E-state index in [-0.39, 0.29) is 17.2 Å². The number of nitrogens with one attached hydrogen (secondary N) is 2. The van der Waals surface area contributed by atoms with Gasteiger partial charge in [0.15, 0.2) is 0 Å². The van der Waals surface area contributed by atoms with Crippen molar-refractivity contribution in [3.8, 4) is 17.1 Å². The van der Waals surface area contributed by atoms with Gasteiger partial charge in [-0.1, -0.05) is 65.7 Å². The fraction of sp³-hybridized carbons (Fsp3) is 0.323. The van der Waals surface area contributed by atoms with Crippen molar-refractivity contribution in [2.45, 2.75) is 45.4 Å². The van der Waals surface area contributed by atoms with E-state index in [1.54, 1.807) is 32.0 Å². The molecule has 1 aromatic heterocycles. The normalized spacial score (nSPS) is 15.0. The number of hydrogen-bond donors (Lipinski definition) is 2. The molecule has 41 heavy (non-hydrogen) atoms. The van der Waals surface area contributed by atoms with Crippen molar-refractivity contribution >= 4 is 35.1 Å². The highest BCUT2D eigenvalue weighted by molar-refractivity contribution is 6.42. The maximum absolute atomic E-state index is 13.3. The number of dihydropyridines is 1. The number of halogens is 2. The predicted molar refractivity (Wildman–Crippen MR) is 159 cm³/mol. The summed E-state index contributed by atoms with van der Waals surface area (Å²) in [5, 5.41) is 10.9. The molecule has 2 heterocycles. The molecule has 216 valence electrons. The number of hydrogen-bond acceptors (Lipinski definition) is 7. The first kappa shape index (κ1) is 30.2. The Bertz CT molecular complexity index is 1450. The van der Waals surface area contributed by atoms with Crippen molar-refractivity contribution in [1.29, 1.82) is 0 Å². The Labute approximate surface area is 249 Å². The van der Waals surface area contributed by atoms with Gasteiger partial charge < -0.3 is 19.5 Å². The predicted octanol–water partition coefficient (Wildman–Crippen LogP) is 6.97. The zero-order chi connectivity index (χ0) is 29.4. The fourth-order valence-electron chi connectivity index (χ4n) is 4.82. The second-order valence-corrected chi connectivity index (χ2v) is 10.4. The first-order chi connectivity index (χ1) is 19.8. The highest BCUT2D eigenvalue weighted by Gasteiger charge is 2.39. The third-order valence-electron chi connectivity index (χ3n) is 6.84. The quantitative estimate of drug-likeness (QED) is 0.171. The van der Waals surface area contributed by atoms with Crippen molar-refractivity contribution < 1.29 is 23.8 Å². The smallest absolute Gasteiger partial charge is 0.336 e. The summed E-state index contributed by atoms with van der Waals surface area (Å²) in [6, 6.07) is 16.9. The Balaban J connectivity index is 1.29. The summed E-state index contributed by atoms with van der Waals surface area (Å²) in [4.78, 5) is 26.1. The summed E-state index contributed by atoms with van der Waals surface area (Å²) < 4.78 is 16.5. The van der Waals surface area contributed by atoms with Crippen LogP contribution in [-0.4, -0.2) is 42.5 Å². The number of allylic oxidation sites excluding steroid dienone is 2. The Morgan fingerprint density at radius 2 is 1.56 bits per heavy atom. The molecule has 1 unspecified atom stereocenters. The third-order valence-corrected chi connectivity index (χ3v) is 7.67. The molecule has 8 nitrogen and oxygen atoms in total. The minimum atomic E-state index is -0.788. The number of ether oxygens (including phenoxy) is 3. The molecule has 0 amide bonds. The minimum absolute atomic E-state index is 0.239. The number of aromatic nitrogens is 2. The van der Waals surface area contributed by atoms with E-state index in [2.05, 4.69) is 15.5 Å². The number of rotatable bonds is 12. The molecule has 0 fully saturated rings. The monoisotopic (exact) mass is 597 g/mol. The van der Waals surface area contributed by atoms with Crippen molar-refractivity contribution in [3.05, 3.63) is 92.7 Å². The Morgan fingerprint density at radius 1 is 0.878 bits per heavy atom. The van der Waals surface area contributed by atoms with E-state index < -0.39 is 17.9 Å². The topological polar surface area (TPSA) is 103 Å². The van der Waals surface area contributed by atoms with Gasteiger partial charge in [-0.3, -0.25) is 5.10 Å². The number of carbonyl (C=O) groups excluding carboxylic acids is 2. The number of H-pyrrole nitrogens is 1. The third kappa shape index (κ3) is 7.31. The number of methoxy groups -OCH3 is 1. The molecule has 0 saturated heterocycles. The second kappa shape index (κ2) is 14.2. The van der Waals surface area contributed by atoms with Crippen LogP contribution in [0.15, 0.2) is 77.1 Å². The average molecular weight is 599 g/mol. The zero-order valence-corrected chi connectivity index (χ0v) is 24.8. The summed E-state index contributed by atoms with van der Waals surface area (Å²) in [6.45, 7) is 4.30. The molecule has 0 aliphatic carbocycles. The maximum Gasteiger partial charge on any atom is 0.336 e. The summed E-state index contributed by atoms with van der Waals surface area (Å²) in [7, 11) is 1.30. The van der Waals surface area contributed by atoms with E-state index in [9.17, 15) is 9.59 Å². The number of benzene rings is 2. The number of esters is 2. The lowest BCUT2D eigenvalue weighted by molar-refractivity contribution is -0.139. The molecule has 1 aliphatic heterocycles. The summed E-state index contributed by atoms with van der Waals surface area (Å²) in [6.07, 6.45) is 3.30. The van der Waals surface area contributed by atoms with Crippen molar-refractivity contribution in [3.63, 3.8) is 0 Å². The van der Waals surface area contributed by atoms with Crippen molar-refractivity contribution in [1.82, 2.24) is 15.5 Å². The van der Waals surface area contributed by atoms with Crippen LogP contribution in [0.1, 0.15) is 51.0 Å². The number of aromatic amines is 1. The Morgan fingerprint density at radius 3 is 2.27 bits per heavy atom. The Hall–Kier alpha value is -3.75. The SMILES string of the molecule is COC(=O)C1=C(C)NC(C)=C(C(=O)OCCCCCCOc2cc(-c3ccccc3)[nH]n2)C1c1cccc(Cl)c1Cl. The lowest BCUT2D eigenvalue weighted by Crippen LogP contribution is -2.32. The molecule has 10 heteroatoms. The number of nitrogens with zero attached hydrogens (tertiary/aromatic N) is 1. The number of unbranched alkanes of at least 4 members (excludes halogenated alkanes) is 3. The van der Waals surface area contributed by atoms with E-state index in [0.717, 1.165) is 30.5 Å². The molecule has 4 rings (SSSR count). The molecule has 0 saturated carbocycles. The summed E-state index contributed by atoms with van der Waals surface area (Å²) in [5.74, 6) is -1.32. The average Bonchev–Trinajstić information content (AvgIpc) is 3.44. The van der Waals surface area contributed by atoms with Crippen LogP contribution in [0.3, 0.4) is 0 Å². The molecule has 0 radical (unpaired) electrons. The molecule has 3 aromatic rings. The van der Waals surface area contributed by atoms with E-state index in [0.29, 0.717) is 46.5 Å². The van der Waals surface area contributed by atoms with Crippen LogP contribution >= 0.6 is 23.2 Å². The second-order valence-electron chi connectivity index (χ2n) is 9.65. The van der Waals surface area contributed by atoms with Crippen molar-refractivity contribution in [2.24, 2.45) is 0 Å². The van der Waals surface area contributed by atoms with Gasteiger partial charge in [-0.15, -0.1) is 5.10 Å². The van der Waals surface area contributed by atoms with Gasteiger partial charge in [-0.2, -0.15) is 0 Å². The molecule has 1 aliphatic rings. The van der Waals surface area contributed by atoms with Gasteiger partial charge >= 0.3 is 11.9 Å². The van der Waals surface area contributed by atoms with Crippen LogP contribution in [-0.2, 0) is 19.1 Å². The molecular formula is C31H33Cl2N3O5. The van der Waals surface area contributed by atoms with Crippen LogP contribution in [0.5, 0.6) is 5.88 Å². The van der Waals surface area contributed by atoms with Crippen LogP contribution in [0.2, 0.25) is 10.0 Å². The number of carbonyl (C=O) groups is 2. The standard InChI is InChI=1S/C31H33Cl2N3O5/c1-19-26(30(37)39-3)28(22-14-11-15-23(32)29(22)33)27(20(2)34-19)31(38)41-17-10-5-4-9-16-40-25-18-24(35-36-25)21-12-7-6-8-13-21/h6-8,11-15,18,28,34H,4-5,9-10,16-17H2,1-3H3,(H,35,36). The maximum atomic E-state index is 13.3. The van der Waals surface area contributed by atoms with Gasteiger partial charge in [-0.05, 0) is 56.7 Å². The zero-order valence-electron chi connectivity index (χ0n) is 23.3. The van der Waals surface area contributed by atoms with E-state index in [4.69, 9.17) is 37.4 Å². The van der Waals surface area contributed by atoms with Gasteiger partial charge in [-0.25, -0.2) is 9.59 Å². The first-order valence-electron chi connectivity index (χ1n) is 13.4. The molecular weight excluding hydrogens is 565 g/mol. The molecule has 0 bridgehead atoms. The molecule has 2 N–H and O–H groups in total. The van der Waals surface area contributed by atoms with Crippen molar-refractivity contribution in [2.75, 3.05) is 20.3 Å². The van der Waals surface area contributed by atoms with Crippen LogP contribution < -0.4 is 10.1 Å². The van der Waals surface area contributed by atoms with Crippen LogP contribution in [0.25, 0.3) is 11.3 Å². The van der Waals surface area contributed by atoms with Gasteiger partial charge in [0.05, 0.1) is 53.1 Å². The van der Waals surface area contributed by atoms with Gasteiger partial charge in [0.1, 0.15) is 0 Å². The lowest BCUT2D eigenvalue weighted by Gasteiger charge is -2.30. The molecule has 2 aromatic carbocycles. The van der Waals surface area contributed by atoms with Crippen LogP contribution in [0, 0.1) is 0 Å². The van der Waals surface area contributed by atoms with Gasteiger partial charge in [0, 0.05) is 17.5 Å². The molecule has 0 spiro atoms. The van der Waals surface area contributed by atoms with E-state index >= 15 is 0 Å². The first-order valence-corrected chi connectivity index (χ1v) is 14.2. The van der Waals surface area contributed by atoms with E-state index in [1.165, 1.54) is 7.11 Å². The lowest BCUT2D eigenvalue weighted by atomic mass is 9.80. The van der Waals surface area contributed by atoms with Gasteiger partial charge in [0.2, 0.25) is 5.88 Å². The summed E-state index contributed by atoms with van der Waals surface area (Å²) >= 11 is 12.8.